The Morgan fingerprint density at radius 2 is 1.40 bits per heavy atom. The van der Waals surface area contributed by atoms with Crippen molar-refractivity contribution in [2.24, 2.45) is 0 Å². The van der Waals surface area contributed by atoms with Gasteiger partial charge in [-0.3, -0.25) is 15.0 Å². The molecule has 0 aliphatic carbocycles. The van der Waals surface area contributed by atoms with Gasteiger partial charge in [-0.1, -0.05) is 0 Å². The van der Waals surface area contributed by atoms with Crippen molar-refractivity contribution in [3.63, 3.8) is 0 Å². The van der Waals surface area contributed by atoms with Crippen LogP contribution < -0.4 is 0 Å². The summed E-state index contributed by atoms with van der Waals surface area (Å²) in [5.41, 5.74) is 1.88. The molecular weight excluding hydrogens is 250 g/mol. The van der Waals surface area contributed by atoms with Gasteiger partial charge in [-0.05, 0) is 24.3 Å². The lowest BCUT2D eigenvalue weighted by molar-refractivity contribution is 1.20. The molecule has 96 valence electrons. The zero-order chi connectivity index (χ0) is 13.6. The van der Waals surface area contributed by atoms with Crippen molar-refractivity contribution in [1.29, 1.82) is 0 Å². The van der Waals surface area contributed by atoms with Gasteiger partial charge in [0.05, 0.1) is 17.2 Å². The van der Waals surface area contributed by atoms with Gasteiger partial charge in [-0.25, -0.2) is 9.97 Å². The summed E-state index contributed by atoms with van der Waals surface area (Å²) in [4.78, 5) is 19.9. The van der Waals surface area contributed by atoms with E-state index in [2.05, 4.69) is 24.9 Å². The highest BCUT2D eigenvalue weighted by atomic mass is 14.8. The summed E-state index contributed by atoms with van der Waals surface area (Å²) in [5, 5.41) is 2.11. The summed E-state index contributed by atoms with van der Waals surface area (Å²) in [7, 11) is 0. The van der Waals surface area contributed by atoms with E-state index in [9.17, 15) is 0 Å². The van der Waals surface area contributed by atoms with Gasteiger partial charge >= 0.3 is 0 Å². The summed E-state index contributed by atoms with van der Waals surface area (Å²) in [6.45, 7) is 0. The second kappa shape index (κ2) is 5.79. The molecule has 5 nitrogen and oxygen atoms in total. The van der Waals surface area contributed by atoms with Crippen molar-refractivity contribution in [3.05, 3.63) is 67.8 Å². The monoisotopic (exact) mass is 261 g/mol. The average molecular weight is 261 g/mol. The van der Waals surface area contributed by atoms with E-state index in [-0.39, 0.29) is 0 Å². The number of hydrogen-bond donors (Lipinski definition) is 0. The van der Waals surface area contributed by atoms with E-state index in [4.69, 9.17) is 0 Å². The molecule has 0 aromatic carbocycles. The van der Waals surface area contributed by atoms with Gasteiger partial charge in [0.25, 0.3) is 0 Å². The van der Waals surface area contributed by atoms with Crippen molar-refractivity contribution >= 4 is 21.8 Å². The summed E-state index contributed by atoms with van der Waals surface area (Å²) >= 11 is 0. The van der Waals surface area contributed by atoms with Crippen molar-refractivity contribution in [2.45, 2.75) is 0 Å². The van der Waals surface area contributed by atoms with E-state index >= 15 is 0 Å². The van der Waals surface area contributed by atoms with Crippen LogP contribution in [0.1, 0.15) is 0 Å². The fourth-order valence-electron chi connectivity index (χ4n) is 1.74. The van der Waals surface area contributed by atoms with E-state index in [0.29, 0.717) is 0 Å². The van der Waals surface area contributed by atoms with Crippen LogP contribution in [0.15, 0.2) is 67.8 Å². The van der Waals surface area contributed by atoms with E-state index in [1.807, 2.05) is 30.5 Å². The molecule has 0 radical (unpaired) electrons. The molecule has 0 bridgehead atoms. The summed E-state index contributed by atoms with van der Waals surface area (Å²) in [5.74, 6) is 0. The molecule has 5 heteroatoms. The first-order valence-corrected chi connectivity index (χ1v) is 6.08. The maximum absolute atomic E-state index is 4.14. The maximum Gasteiger partial charge on any atom is 0.116 e. The van der Waals surface area contributed by atoms with Gasteiger partial charge in [-0.2, -0.15) is 0 Å². The van der Waals surface area contributed by atoms with Crippen molar-refractivity contribution in [3.8, 4) is 0 Å². The van der Waals surface area contributed by atoms with Crippen LogP contribution in [-0.2, 0) is 0 Å². The first kappa shape index (κ1) is 12.1. The van der Waals surface area contributed by atoms with Gasteiger partial charge in [0.15, 0.2) is 0 Å². The Labute approximate surface area is 115 Å². The highest BCUT2D eigenvalue weighted by molar-refractivity contribution is 5.76. The number of nitrogens with zero attached hydrogens (tertiary/aromatic N) is 5. The molecule has 0 unspecified atom stereocenters. The SMILES string of the molecule is c1cc2cncnc2cn1.c1cnc2ccncc2c1. The molecule has 0 amide bonds. The van der Waals surface area contributed by atoms with Crippen molar-refractivity contribution in [2.75, 3.05) is 0 Å². The molecule has 0 spiro atoms. The first-order chi connectivity index (χ1) is 9.93. The molecule has 0 saturated heterocycles. The largest absolute Gasteiger partial charge is 0.264 e. The Balaban J connectivity index is 0.000000121. The zero-order valence-corrected chi connectivity index (χ0v) is 10.6. The molecule has 0 saturated carbocycles. The van der Waals surface area contributed by atoms with Crippen LogP contribution in [0.2, 0.25) is 0 Å². The highest BCUT2D eigenvalue weighted by Gasteiger charge is 1.89. The normalized spacial score (nSPS) is 10.0. The van der Waals surface area contributed by atoms with Crippen LogP contribution in [0.25, 0.3) is 21.8 Å². The predicted molar refractivity (Wildman–Crippen MR) is 76.9 cm³/mol. The smallest absolute Gasteiger partial charge is 0.116 e. The first-order valence-electron chi connectivity index (χ1n) is 6.08. The molecule has 0 atom stereocenters. The number of pyridine rings is 3. The molecule has 4 aromatic heterocycles. The Morgan fingerprint density at radius 1 is 0.600 bits per heavy atom. The number of rotatable bonds is 0. The van der Waals surface area contributed by atoms with Gasteiger partial charge in [-0.15, -0.1) is 0 Å². The minimum Gasteiger partial charge on any atom is -0.264 e. The Morgan fingerprint density at radius 3 is 2.30 bits per heavy atom. The third-order valence-corrected chi connectivity index (χ3v) is 2.71. The zero-order valence-electron chi connectivity index (χ0n) is 10.6. The van der Waals surface area contributed by atoms with Gasteiger partial charge in [0, 0.05) is 41.8 Å². The maximum atomic E-state index is 4.14. The topological polar surface area (TPSA) is 64.5 Å². The molecule has 4 aromatic rings. The highest BCUT2D eigenvalue weighted by Crippen LogP contribution is 2.06. The molecule has 0 N–H and O–H groups in total. The minimum absolute atomic E-state index is 0.887. The standard InChI is InChI=1S/C8H6N2.C7H5N3/c1-2-7-6-9-5-3-8(7)10-4-1;1-2-8-4-7-6(1)3-9-5-10-7/h1-6H;1-5H. The molecule has 20 heavy (non-hydrogen) atoms. The third kappa shape index (κ3) is 2.72. The van der Waals surface area contributed by atoms with Crippen LogP contribution in [0.4, 0.5) is 0 Å². The number of fused-ring (bicyclic) bond motifs is 2. The van der Waals surface area contributed by atoms with Crippen LogP contribution in [0, 0.1) is 0 Å². The molecule has 0 aliphatic heterocycles. The summed E-state index contributed by atoms with van der Waals surface area (Å²) in [6.07, 6.45) is 12.1. The fraction of sp³-hybridized carbons (Fsp3) is 0. The van der Waals surface area contributed by atoms with Gasteiger partial charge in [0.1, 0.15) is 6.33 Å². The fourth-order valence-corrected chi connectivity index (χ4v) is 1.74. The van der Waals surface area contributed by atoms with Crippen molar-refractivity contribution < 1.29 is 0 Å². The third-order valence-electron chi connectivity index (χ3n) is 2.71. The summed E-state index contributed by atoms with van der Waals surface area (Å²) in [6, 6.07) is 7.68. The molecule has 4 heterocycles. The predicted octanol–water partition coefficient (Wildman–Crippen LogP) is 2.65. The van der Waals surface area contributed by atoms with E-state index < -0.39 is 0 Å². The Bertz CT molecular complexity index is 630. The molecule has 4 rings (SSSR count). The van der Waals surface area contributed by atoms with E-state index in [1.54, 1.807) is 31.0 Å². The second-order valence-electron chi connectivity index (χ2n) is 4.03. The van der Waals surface area contributed by atoms with E-state index in [0.717, 1.165) is 21.8 Å². The average Bonchev–Trinajstić information content (AvgIpc) is 2.56. The van der Waals surface area contributed by atoms with Crippen LogP contribution in [-0.4, -0.2) is 24.9 Å². The molecule has 0 fully saturated rings. The summed E-state index contributed by atoms with van der Waals surface area (Å²) < 4.78 is 0. The minimum atomic E-state index is 0.887. The quantitative estimate of drug-likeness (QED) is 0.487. The lowest BCUT2D eigenvalue weighted by Crippen LogP contribution is -1.80. The van der Waals surface area contributed by atoms with E-state index in [1.165, 1.54) is 6.33 Å². The van der Waals surface area contributed by atoms with Gasteiger partial charge in [0.2, 0.25) is 0 Å². The lowest BCUT2D eigenvalue weighted by Gasteiger charge is -1.90. The van der Waals surface area contributed by atoms with Crippen molar-refractivity contribution in [1.82, 2.24) is 24.9 Å². The Kier molecular flexibility index (Phi) is 3.51. The van der Waals surface area contributed by atoms with Crippen LogP contribution in [0.5, 0.6) is 0 Å². The molecule has 0 aliphatic rings. The number of hydrogen-bond acceptors (Lipinski definition) is 5. The van der Waals surface area contributed by atoms with Gasteiger partial charge < -0.3 is 0 Å². The number of aromatic nitrogens is 5. The lowest BCUT2D eigenvalue weighted by atomic mass is 10.3. The van der Waals surface area contributed by atoms with Crippen LogP contribution >= 0.6 is 0 Å². The molecular formula is C15H11N5. The van der Waals surface area contributed by atoms with Crippen LogP contribution in [0.3, 0.4) is 0 Å². The second-order valence-corrected chi connectivity index (χ2v) is 4.03. The Hall–Kier alpha value is -2.95.